The average Bonchev–Trinajstić information content (AvgIpc) is 2.31. The summed E-state index contributed by atoms with van der Waals surface area (Å²) in [6.07, 6.45) is 4.67. The van der Waals surface area contributed by atoms with Crippen LogP contribution in [0.2, 0.25) is 0 Å². The van der Waals surface area contributed by atoms with Gasteiger partial charge in [0.25, 0.3) is 0 Å². The maximum absolute atomic E-state index is 8.94. The van der Waals surface area contributed by atoms with Gasteiger partial charge in [0.05, 0.1) is 11.5 Å². The Labute approximate surface area is 67.6 Å². The molecule has 0 aromatic carbocycles. The Morgan fingerprint density at radius 2 is 1.91 bits per heavy atom. The molecule has 2 saturated heterocycles. The van der Waals surface area contributed by atoms with Crippen molar-refractivity contribution >= 4 is 0 Å². The molecule has 2 heteroatoms. The smallest absolute Gasteiger partial charge is 0.0688 e. The predicted octanol–water partition coefficient (Wildman–Crippen LogP) is 1.43. The van der Waals surface area contributed by atoms with Crippen LogP contribution in [0.3, 0.4) is 0 Å². The van der Waals surface area contributed by atoms with Gasteiger partial charge in [-0.1, -0.05) is 0 Å². The van der Waals surface area contributed by atoms with Crippen LogP contribution in [-0.2, 0) is 0 Å². The second-order valence-corrected chi connectivity index (χ2v) is 4.22. The van der Waals surface area contributed by atoms with Crippen LogP contribution in [0.5, 0.6) is 0 Å². The molecule has 2 rings (SSSR count). The largest absolute Gasteiger partial charge is 0.311 e. The molecule has 11 heavy (non-hydrogen) atoms. The summed E-state index contributed by atoms with van der Waals surface area (Å²) in [5, 5.41) is 12.5. The van der Waals surface area contributed by atoms with Gasteiger partial charge < -0.3 is 5.32 Å². The van der Waals surface area contributed by atoms with Gasteiger partial charge >= 0.3 is 0 Å². The van der Waals surface area contributed by atoms with Gasteiger partial charge in [-0.25, -0.2) is 0 Å². The highest BCUT2D eigenvalue weighted by molar-refractivity contribution is 5.06. The molecule has 0 radical (unpaired) electrons. The van der Waals surface area contributed by atoms with E-state index in [1.165, 1.54) is 12.8 Å². The fraction of sp³-hybridized carbons (Fsp3) is 0.889. The fourth-order valence-corrected chi connectivity index (χ4v) is 2.49. The molecule has 2 aliphatic heterocycles. The fourth-order valence-electron chi connectivity index (χ4n) is 2.49. The van der Waals surface area contributed by atoms with Crippen LogP contribution in [0.25, 0.3) is 0 Å². The minimum atomic E-state index is -0.0307. The molecule has 1 N–H and O–H groups in total. The van der Waals surface area contributed by atoms with E-state index < -0.39 is 0 Å². The van der Waals surface area contributed by atoms with E-state index in [2.05, 4.69) is 18.3 Å². The van der Waals surface area contributed by atoms with E-state index >= 15 is 0 Å². The van der Waals surface area contributed by atoms with Crippen LogP contribution >= 0.6 is 0 Å². The Balaban J connectivity index is 2.15. The van der Waals surface area contributed by atoms with Crippen molar-refractivity contribution in [2.24, 2.45) is 5.41 Å². The van der Waals surface area contributed by atoms with Gasteiger partial charge in [0, 0.05) is 12.1 Å². The lowest BCUT2D eigenvalue weighted by atomic mass is 9.79. The van der Waals surface area contributed by atoms with Crippen molar-refractivity contribution in [1.82, 2.24) is 5.32 Å². The first-order valence-electron chi connectivity index (χ1n) is 4.39. The third-order valence-corrected chi connectivity index (χ3v) is 3.00. The zero-order valence-electron chi connectivity index (χ0n) is 6.93. The van der Waals surface area contributed by atoms with Crippen molar-refractivity contribution in [1.29, 1.82) is 5.26 Å². The Bertz CT molecular complexity index is 192. The topological polar surface area (TPSA) is 35.8 Å². The van der Waals surface area contributed by atoms with E-state index in [1.54, 1.807) is 0 Å². The van der Waals surface area contributed by atoms with E-state index in [0.29, 0.717) is 12.1 Å². The SMILES string of the molecule is CC1(C#N)CC2CCC(C1)N2. The van der Waals surface area contributed by atoms with Gasteiger partial charge in [-0.2, -0.15) is 5.26 Å². The van der Waals surface area contributed by atoms with Crippen molar-refractivity contribution in [3.8, 4) is 6.07 Å². The number of rotatable bonds is 0. The van der Waals surface area contributed by atoms with E-state index in [4.69, 9.17) is 5.26 Å². The summed E-state index contributed by atoms with van der Waals surface area (Å²) < 4.78 is 0. The quantitative estimate of drug-likeness (QED) is 0.567. The monoisotopic (exact) mass is 150 g/mol. The Morgan fingerprint density at radius 3 is 2.36 bits per heavy atom. The third kappa shape index (κ3) is 1.14. The number of nitriles is 1. The maximum Gasteiger partial charge on any atom is 0.0688 e. The lowest BCUT2D eigenvalue weighted by molar-refractivity contribution is 0.248. The zero-order valence-corrected chi connectivity index (χ0v) is 6.93. The number of piperidine rings is 1. The first-order valence-corrected chi connectivity index (χ1v) is 4.39. The lowest BCUT2D eigenvalue weighted by Gasteiger charge is -2.32. The van der Waals surface area contributed by atoms with Crippen LogP contribution in [0.1, 0.15) is 32.6 Å². The van der Waals surface area contributed by atoms with Crippen LogP contribution in [-0.4, -0.2) is 12.1 Å². The van der Waals surface area contributed by atoms with E-state index in [9.17, 15) is 0 Å². The van der Waals surface area contributed by atoms with Gasteiger partial charge in [-0.05, 0) is 32.6 Å². The van der Waals surface area contributed by atoms with Crippen LogP contribution in [0.4, 0.5) is 0 Å². The van der Waals surface area contributed by atoms with Crippen LogP contribution < -0.4 is 5.32 Å². The molecule has 2 atom stereocenters. The number of fused-ring (bicyclic) bond motifs is 2. The zero-order chi connectivity index (χ0) is 7.90. The van der Waals surface area contributed by atoms with Crippen molar-refractivity contribution < 1.29 is 0 Å². The summed E-state index contributed by atoms with van der Waals surface area (Å²) in [5.41, 5.74) is -0.0307. The molecule has 0 spiro atoms. The second-order valence-electron chi connectivity index (χ2n) is 4.22. The molecule has 2 fully saturated rings. The lowest BCUT2D eigenvalue weighted by Crippen LogP contribution is -2.42. The molecule has 2 bridgehead atoms. The molecule has 0 aromatic heterocycles. The average molecular weight is 150 g/mol. The minimum absolute atomic E-state index is 0.0307. The first kappa shape index (κ1) is 7.12. The molecule has 2 unspecified atom stereocenters. The Hall–Kier alpha value is -0.550. The first-order chi connectivity index (χ1) is 5.22. The molecule has 0 aromatic rings. The van der Waals surface area contributed by atoms with Gasteiger partial charge in [0.1, 0.15) is 0 Å². The molecule has 2 aliphatic rings. The minimum Gasteiger partial charge on any atom is -0.311 e. The number of nitrogens with one attached hydrogen (secondary N) is 1. The second kappa shape index (κ2) is 2.22. The highest BCUT2D eigenvalue weighted by atomic mass is 15.0. The number of hydrogen-bond donors (Lipinski definition) is 1. The van der Waals surface area contributed by atoms with E-state index in [1.807, 2.05) is 0 Å². The summed E-state index contributed by atoms with van der Waals surface area (Å²) >= 11 is 0. The molecular weight excluding hydrogens is 136 g/mol. The maximum atomic E-state index is 8.94. The predicted molar refractivity (Wildman–Crippen MR) is 42.9 cm³/mol. The van der Waals surface area contributed by atoms with E-state index in [-0.39, 0.29) is 5.41 Å². The van der Waals surface area contributed by atoms with Gasteiger partial charge in [-0.15, -0.1) is 0 Å². The summed E-state index contributed by atoms with van der Waals surface area (Å²) in [6.45, 7) is 2.10. The van der Waals surface area contributed by atoms with Gasteiger partial charge in [-0.3, -0.25) is 0 Å². The molecule has 2 nitrogen and oxygen atoms in total. The van der Waals surface area contributed by atoms with Crippen molar-refractivity contribution in [3.05, 3.63) is 0 Å². The highest BCUT2D eigenvalue weighted by Crippen LogP contribution is 2.39. The summed E-state index contributed by atoms with van der Waals surface area (Å²) in [7, 11) is 0. The summed E-state index contributed by atoms with van der Waals surface area (Å²) in [5.74, 6) is 0. The number of hydrogen-bond acceptors (Lipinski definition) is 2. The summed E-state index contributed by atoms with van der Waals surface area (Å²) in [6, 6.07) is 3.72. The Kier molecular flexibility index (Phi) is 1.43. The standard InChI is InChI=1S/C9H14N2/c1-9(6-10)4-7-2-3-8(5-9)11-7/h7-8,11H,2-5H2,1H3. The van der Waals surface area contributed by atoms with Gasteiger partial charge in [0.2, 0.25) is 0 Å². The summed E-state index contributed by atoms with van der Waals surface area (Å²) in [4.78, 5) is 0. The molecule has 2 heterocycles. The van der Waals surface area contributed by atoms with Crippen LogP contribution in [0.15, 0.2) is 0 Å². The third-order valence-electron chi connectivity index (χ3n) is 3.00. The van der Waals surface area contributed by atoms with Crippen molar-refractivity contribution in [2.75, 3.05) is 0 Å². The van der Waals surface area contributed by atoms with Gasteiger partial charge in [0.15, 0.2) is 0 Å². The Morgan fingerprint density at radius 1 is 1.36 bits per heavy atom. The normalized spacial score (nSPS) is 48.7. The van der Waals surface area contributed by atoms with Crippen molar-refractivity contribution in [2.45, 2.75) is 44.7 Å². The molecule has 0 saturated carbocycles. The molecule has 0 aliphatic carbocycles. The molecule has 60 valence electrons. The number of nitrogens with zero attached hydrogens (tertiary/aromatic N) is 1. The van der Waals surface area contributed by atoms with Crippen molar-refractivity contribution in [3.63, 3.8) is 0 Å². The highest BCUT2D eigenvalue weighted by Gasteiger charge is 2.40. The van der Waals surface area contributed by atoms with Crippen LogP contribution in [0, 0.1) is 16.7 Å². The molecular formula is C9H14N2. The molecule has 0 amide bonds. The van der Waals surface area contributed by atoms with E-state index in [0.717, 1.165) is 12.8 Å².